The predicted molar refractivity (Wildman–Crippen MR) is 92.8 cm³/mol. The van der Waals surface area contributed by atoms with Gasteiger partial charge in [0.1, 0.15) is 12.6 Å². The highest BCUT2D eigenvalue weighted by molar-refractivity contribution is 5.87. The second-order valence-corrected chi connectivity index (χ2v) is 6.33. The number of carbonyl (C=O) groups is 2. The maximum atomic E-state index is 12.6. The monoisotopic (exact) mass is 347 g/mol. The van der Waals surface area contributed by atoms with Gasteiger partial charge in [0.15, 0.2) is 17.6 Å². The van der Waals surface area contributed by atoms with Gasteiger partial charge in [0.05, 0.1) is 6.54 Å². The quantitative estimate of drug-likeness (QED) is 0.866. The van der Waals surface area contributed by atoms with Crippen LogP contribution in [0.3, 0.4) is 0 Å². The number of ether oxygens (including phenoxy) is 2. The van der Waals surface area contributed by atoms with Crippen molar-refractivity contribution < 1.29 is 19.1 Å². The molecule has 25 heavy (non-hydrogen) atoms. The van der Waals surface area contributed by atoms with Crippen LogP contribution in [0.25, 0.3) is 0 Å². The first-order valence-corrected chi connectivity index (χ1v) is 8.89. The molecule has 1 saturated heterocycles. The van der Waals surface area contributed by atoms with E-state index in [1.165, 1.54) is 0 Å². The average Bonchev–Trinajstić information content (AvgIpc) is 2.84. The zero-order chi connectivity index (χ0) is 17.6. The molecule has 2 N–H and O–H groups in total. The van der Waals surface area contributed by atoms with E-state index in [0.717, 1.165) is 18.6 Å². The van der Waals surface area contributed by atoms with Gasteiger partial charge in [0.25, 0.3) is 0 Å². The predicted octanol–water partition coefficient (Wildman–Crippen LogP) is 1.53. The molecule has 0 spiro atoms. The van der Waals surface area contributed by atoms with Crippen molar-refractivity contribution in [1.82, 2.24) is 15.5 Å². The number of carbonyl (C=O) groups excluding carboxylic acids is 2. The molecule has 7 nitrogen and oxygen atoms in total. The van der Waals surface area contributed by atoms with Crippen molar-refractivity contribution in [1.29, 1.82) is 0 Å². The fourth-order valence-corrected chi connectivity index (χ4v) is 3.07. The Bertz CT molecular complexity index is 622. The standard InChI is InChI=1S/C18H25N3O4/c1-2-21(18(23)20-14-7-5-6-10-19-17(14)22)11-13-12-24-15-8-3-4-9-16(15)25-13/h3-4,8-9,13-14H,2,5-7,10-12H2,1H3,(H,19,22)(H,20,23)/t13-,14-/m0/s1. The molecule has 3 amide bonds. The van der Waals surface area contributed by atoms with Gasteiger partial charge in [-0.3, -0.25) is 4.79 Å². The lowest BCUT2D eigenvalue weighted by Crippen LogP contribution is -2.53. The van der Waals surface area contributed by atoms with Crippen molar-refractivity contribution >= 4 is 11.9 Å². The molecule has 1 fully saturated rings. The molecule has 2 aliphatic rings. The van der Waals surface area contributed by atoms with E-state index in [1.54, 1.807) is 4.90 Å². The molecule has 1 aromatic rings. The summed E-state index contributed by atoms with van der Waals surface area (Å²) in [7, 11) is 0. The third-order valence-corrected chi connectivity index (χ3v) is 4.49. The van der Waals surface area contributed by atoms with E-state index in [-0.39, 0.29) is 18.0 Å². The summed E-state index contributed by atoms with van der Waals surface area (Å²) >= 11 is 0. The van der Waals surface area contributed by atoms with E-state index in [1.807, 2.05) is 31.2 Å². The number of hydrogen-bond acceptors (Lipinski definition) is 4. The van der Waals surface area contributed by atoms with Crippen LogP contribution in [-0.4, -0.2) is 55.2 Å². The van der Waals surface area contributed by atoms with Gasteiger partial charge in [-0.2, -0.15) is 0 Å². The average molecular weight is 347 g/mol. The fourth-order valence-electron chi connectivity index (χ4n) is 3.07. The molecule has 0 aliphatic carbocycles. The van der Waals surface area contributed by atoms with Crippen molar-refractivity contribution in [3.63, 3.8) is 0 Å². The lowest BCUT2D eigenvalue weighted by atomic mass is 10.1. The van der Waals surface area contributed by atoms with Crippen LogP contribution in [0.5, 0.6) is 11.5 Å². The maximum absolute atomic E-state index is 12.6. The lowest BCUT2D eigenvalue weighted by molar-refractivity contribution is -0.122. The zero-order valence-electron chi connectivity index (χ0n) is 14.5. The maximum Gasteiger partial charge on any atom is 0.318 e. The number of fused-ring (bicyclic) bond motifs is 1. The summed E-state index contributed by atoms with van der Waals surface area (Å²) in [5.41, 5.74) is 0. The van der Waals surface area contributed by atoms with Crippen LogP contribution in [0.2, 0.25) is 0 Å². The van der Waals surface area contributed by atoms with E-state index >= 15 is 0 Å². The van der Waals surface area contributed by atoms with E-state index in [9.17, 15) is 9.59 Å². The van der Waals surface area contributed by atoms with E-state index in [4.69, 9.17) is 9.47 Å². The van der Waals surface area contributed by atoms with E-state index < -0.39 is 6.04 Å². The van der Waals surface area contributed by atoms with Crippen LogP contribution in [0.1, 0.15) is 26.2 Å². The molecular weight excluding hydrogens is 322 g/mol. The molecule has 1 aromatic carbocycles. The molecule has 2 atom stereocenters. The minimum atomic E-state index is -0.465. The number of rotatable bonds is 4. The van der Waals surface area contributed by atoms with Crippen LogP contribution >= 0.6 is 0 Å². The van der Waals surface area contributed by atoms with Crippen molar-refractivity contribution in [2.45, 2.75) is 38.3 Å². The molecular formula is C18H25N3O4. The van der Waals surface area contributed by atoms with Gasteiger partial charge >= 0.3 is 6.03 Å². The van der Waals surface area contributed by atoms with Gasteiger partial charge in [-0.15, -0.1) is 0 Å². The first-order chi connectivity index (χ1) is 12.2. The molecule has 7 heteroatoms. The molecule has 0 aromatic heterocycles. The first kappa shape index (κ1) is 17.4. The summed E-state index contributed by atoms with van der Waals surface area (Å²) in [6.07, 6.45) is 2.31. The molecule has 0 saturated carbocycles. The van der Waals surface area contributed by atoms with E-state index in [0.29, 0.717) is 38.4 Å². The van der Waals surface area contributed by atoms with Crippen molar-refractivity contribution in [2.24, 2.45) is 0 Å². The Morgan fingerprint density at radius 2 is 2.12 bits per heavy atom. The molecule has 2 heterocycles. The summed E-state index contributed by atoms with van der Waals surface area (Å²) in [4.78, 5) is 26.2. The Balaban J connectivity index is 1.57. The summed E-state index contributed by atoms with van der Waals surface area (Å²) in [6.45, 7) is 3.91. The van der Waals surface area contributed by atoms with E-state index in [2.05, 4.69) is 10.6 Å². The normalized spacial score (nSPS) is 22.5. The summed E-state index contributed by atoms with van der Waals surface area (Å²) in [5, 5.41) is 5.68. The Kier molecular flexibility index (Phi) is 5.63. The Labute approximate surface area is 147 Å². The highest BCUT2D eigenvalue weighted by Crippen LogP contribution is 2.31. The topological polar surface area (TPSA) is 79.9 Å². The number of hydrogen-bond donors (Lipinski definition) is 2. The van der Waals surface area contributed by atoms with Crippen LogP contribution in [-0.2, 0) is 4.79 Å². The number of likely N-dealkylation sites (N-methyl/N-ethyl adjacent to an activating group) is 1. The summed E-state index contributed by atoms with van der Waals surface area (Å²) < 4.78 is 11.6. The van der Waals surface area contributed by atoms with Gasteiger partial charge in [0.2, 0.25) is 5.91 Å². The molecule has 2 aliphatic heterocycles. The first-order valence-electron chi connectivity index (χ1n) is 8.89. The van der Waals surface area contributed by atoms with Crippen LogP contribution in [0.4, 0.5) is 4.79 Å². The minimum Gasteiger partial charge on any atom is -0.486 e. The largest absolute Gasteiger partial charge is 0.486 e. The van der Waals surface area contributed by atoms with Crippen molar-refractivity contribution in [3.8, 4) is 11.5 Å². The van der Waals surface area contributed by atoms with Crippen LogP contribution < -0.4 is 20.1 Å². The number of nitrogens with zero attached hydrogens (tertiary/aromatic N) is 1. The van der Waals surface area contributed by atoms with Crippen molar-refractivity contribution in [3.05, 3.63) is 24.3 Å². The van der Waals surface area contributed by atoms with Gasteiger partial charge in [-0.05, 0) is 38.3 Å². The smallest absolute Gasteiger partial charge is 0.318 e. The SMILES string of the molecule is CCN(C[C@H]1COc2ccccc2O1)C(=O)N[C@H]1CCCCNC1=O. The number of benzene rings is 1. The Hall–Kier alpha value is -2.44. The number of para-hydroxylation sites is 2. The second kappa shape index (κ2) is 8.09. The van der Waals surface area contributed by atoms with Gasteiger partial charge in [-0.25, -0.2) is 4.79 Å². The third kappa shape index (κ3) is 4.35. The van der Waals surface area contributed by atoms with Crippen LogP contribution in [0.15, 0.2) is 24.3 Å². The lowest BCUT2D eigenvalue weighted by Gasteiger charge is -2.31. The number of amides is 3. The van der Waals surface area contributed by atoms with Crippen molar-refractivity contribution in [2.75, 3.05) is 26.2 Å². The Morgan fingerprint density at radius 1 is 1.32 bits per heavy atom. The highest BCUT2D eigenvalue weighted by Gasteiger charge is 2.28. The fraction of sp³-hybridized carbons (Fsp3) is 0.556. The van der Waals surface area contributed by atoms with Crippen LogP contribution in [0, 0.1) is 0 Å². The minimum absolute atomic E-state index is 0.104. The van der Waals surface area contributed by atoms with Gasteiger partial charge in [0, 0.05) is 13.1 Å². The molecule has 136 valence electrons. The second-order valence-electron chi connectivity index (χ2n) is 6.33. The molecule has 0 bridgehead atoms. The zero-order valence-corrected chi connectivity index (χ0v) is 14.5. The summed E-state index contributed by atoms with van der Waals surface area (Å²) in [5.74, 6) is 1.31. The highest BCUT2D eigenvalue weighted by atomic mass is 16.6. The molecule has 0 radical (unpaired) electrons. The number of urea groups is 1. The number of nitrogens with one attached hydrogen (secondary N) is 2. The van der Waals surface area contributed by atoms with Gasteiger partial charge < -0.3 is 25.0 Å². The molecule has 0 unspecified atom stereocenters. The molecule has 3 rings (SSSR count). The van der Waals surface area contributed by atoms with Gasteiger partial charge in [-0.1, -0.05) is 12.1 Å². The third-order valence-electron chi connectivity index (χ3n) is 4.49. The summed E-state index contributed by atoms with van der Waals surface area (Å²) in [6, 6.07) is 6.79. The Morgan fingerprint density at radius 3 is 2.92 bits per heavy atom.